The average molecular weight is 390 g/mol. The van der Waals surface area contributed by atoms with Gasteiger partial charge >= 0.3 is 6.09 Å². The van der Waals surface area contributed by atoms with E-state index in [0.717, 1.165) is 19.5 Å². The fourth-order valence-electron chi connectivity index (χ4n) is 3.86. The van der Waals surface area contributed by atoms with E-state index < -0.39 is 0 Å². The molecule has 0 saturated carbocycles. The highest BCUT2D eigenvalue weighted by Gasteiger charge is 2.28. The maximum atomic E-state index is 12.7. The van der Waals surface area contributed by atoms with Crippen molar-refractivity contribution >= 4 is 12.0 Å². The molecule has 6 heteroatoms. The highest BCUT2D eigenvalue weighted by atomic mass is 16.6. The van der Waals surface area contributed by atoms with Crippen LogP contribution in [0.15, 0.2) is 30.3 Å². The Morgan fingerprint density at radius 3 is 2.36 bits per heavy atom. The second-order valence-electron chi connectivity index (χ2n) is 7.27. The van der Waals surface area contributed by atoms with Crippen molar-refractivity contribution in [3.8, 4) is 0 Å². The quantitative estimate of drug-likeness (QED) is 0.705. The van der Waals surface area contributed by atoms with Gasteiger partial charge in [0.2, 0.25) is 5.91 Å². The number of nitrogens with one attached hydrogen (secondary N) is 1. The number of rotatable bonds is 9. The number of carbonyl (C=O) groups excluding carboxylic acids is 2. The number of likely N-dealkylation sites (tertiary alicyclic amines) is 1. The van der Waals surface area contributed by atoms with E-state index in [1.54, 1.807) is 11.8 Å². The molecule has 1 aromatic carbocycles. The summed E-state index contributed by atoms with van der Waals surface area (Å²) in [4.78, 5) is 28.6. The third-order valence-corrected chi connectivity index (χ3v) is 5.55. The number of nitrogens with zero attached hydrogens (tertiary/aromatic N) is 2. The summed E-state index contributed by atoms with van der Waals surface area (Å²) in [7, 11) is 0. The van der Waals surface area contributed by atoms with Crippen LogP contribution >= 0.6 is 0 Å². The fraction of sp³-hybridized carbons (Fsp3) is 0.636. The normalized spacial score (nSPS) is 16.1. The minimum absolute atomic E-state index is 0.0280. The number of amides is 2. The van der Waals surface area contributed by atoms with Crippen molar-refractivity contribution in [2.24, 2.45) is 5.92 Å². The predicted molar refractivity (Wildman–Crippen MR) is 111 cm³/mol. The first kappa shape index (κ1) is 22.2. The van der Waals surface area contributed by atoms with E-state index >= 15 is 0 Å². The van der Waals surface area contributed by atoms with Gasteiger partial charge in [-0.15, -0.1) is 0 Å². The van der Waals surface area contributed by atoms with Gasteiger partial charge in [0.25, 0.3) is 0 Å². The highest BCUT2D eigenvalue weighted by Crippen LogP contribution is 2.18. The van der Waals surface area contributed by atoms with E-state index in [4.69, 9.17) is 4.74 Å². The third-order valence-electron chi connectivity index (χ3n) is 5.55. The van der Waals surface area contributed by atoms with E-state index in [1.165, 1.54) is 5.56 Å². The van der Waals surface area contributed by atoms with Crippen molar-refractivity contribution in [2.45, 2.75) is 46.1 Å². The second-order valence-corrected chi connectivity index (χ2v) is 7.27. The Balaban J connectivity index is 1.86. The van der Waals surface area contributed by atoms with Crippen molar-refractivity contribution in [1.82, 2.24) is 15.1 Å². The van der Waals surface area contributed by atoms with Crippen LogP contribution in [-0.4, -0.2) is 67.2 Å². The van der Waals surface area contributed by atoms with E-state index in [-0.39, 0.29) is 24.0 Å². The first-order valence-corrected chi connectivity index (χ1v) is 10.6. The molecule has 0 bridgehead atoms. The highest BCUT2D eigenvalue weighted by molar-refractivity contribution is 5.79. The SMILES string of the molecule is CCOC(=O)N1CCC(C(=O)NCC(Cc2ccccc2)N(CC)CC)CC1. The summed E-state index contributed by atoms with van der Waals surface area (Å²) in [6.07, 6.45) is 2.04. The zero-order valence-electron chi connectivity index (χ0n) is 17.5. The van der Waals surface area contributed by atoms with Crippen molar-refractivity contribution in [3.63, 3.8) is 0 Å². The molecular formula is C22H35N3O3. The molecule has 28 heavy (non-hydrogen) atoms. The first-order chi connectivity index (χ1) is 13.6. The van der Waals surface area contributed by atoms with Crippen molar-refractivity contribution in [1.29, 1.82) is 0 Å². The summed E-state index contributed by atoms with van der Waals surface area (Å²) >= 11 is 0. The van der Waals surface area contributed by atoms with Crippen LogP contribution in [0.25, 0.3) is 0 Å². The molecule has 1 atom stereocenters. The largest absolute Gasteiger partial charge is 0.450 e. The smallest absolute Gasteiger partial charge is 0.409 e. The summed E-state index contributed by atoms with van der Waals surface area (Å²) in [5.41, 5.74) is 1.29. The maximum absolute atomic E-state index is 12.7. The lowest BCUT2D eigenvalue weighted by atomic mass is 9.96. The Hall–Kier alpha value is -2.08. The number of hydrogen-bond donors (Lipinski definition) is 1. The van der Waals surface area contributed by atoms with Gasteiger partial charge in [-0.2, -0.15) is 0 Å². The van der Waals surface area contributed by atoms with E-state index in [1.807, 2.05) is 6.07 Å². The Morgan fingerprint density at radius 1 is 1.14 bits per heavy atom. The lowest BCUT2D eigenvalue weighted by molar-refractivity contribution is -0.126. The zero-order chi connectivity index (χ0) is 20.4. The van der Waals surface area contributed by atoms with Crippen LogP contribution in [-0.2, 0) is 16.0 Å². The summed E-state index contributed by atoms with van der Waals surface area (Å²) in [5.74, 6) is 0.0773. The molecule has 1 aliphatic heterocycles. The summed E-state index contributed by atoms with van der Waals surface area (Å²) < 4.78 is 5.04. The number of piperidine rings is 1. The van der Waals surface area contributed by atoms with Crippen LogP contribution in [0, 0.1) is 5.92 Å². The minimum Gasteiger partial charge on any atom is -0.450 e. The maximum Gasteiger partial charge on any atom is 0.409 e. The molecule has 156 valence electrons. The monoisotopic (exact) mass is 389 g/mol. The van der Waals surface area contributed by atoms with Gasteiger partial charge in [-0.25, -0.2) is 4.79 Å². The first-order valence-electron chi connectivity index (χ1n) is 10.6. The standard InChI is InChI=1S/C22H35N3O3/c1-4-24(5-2)20(16-18-10-8-7-9-11-18)17-23-21(26)19-12-14-25(15-13-19)22(27)28-6-3/h7-11,19-20H,4-6,12-17H2,1-3H3,(H,23,26). The lowest BCUT2D eigenvalue weighted by Crippen LogP contribution is -2.48. The van der Waals surface area contributed by atoms with Crippen molar-refractivity contribution in [3.05, 3.63) is 35.9 Å². The average Bonchev–Trinajstić information content (AvgIpc) is 2.73. The minimum atomic E-state index is -0.272. The van der Waals surface area contributed by atoms with Crippen LogP contribution in [0.5, 0.6) is 0 Å². The van der Waals surface area contributed by atoms with E-state index in [2.05, 4.69) is 48.3 Å². The molecule has 1 unspecified atom stereocenters. The van der Waals surface area contributed by atoms with Gasteiger partial charge in [0.15, 0.2) is 0 Å². The Bertz CT molecular complexity index is 596. The van der Waals surface area contributed by atoms with Crippen LogP contribution in [0.1, 0.15) is 39.2 Å². The Labute approximate surface area is 169 Å². The number of carbonyl (C=O) groups is 2. The third kappa shape index (κ3) is 6.51. The topological polar surface area (TPSA) is 61.9 Å². The molecule has 1 heterocycles. The number of ether oxygens (including phenoxy) is 1. The van der Waals surface area contributed by atoms with Gasteiger partial charge in [0, 0.05) is 31.6 Å². The van der Waals surface area contributed by atoms with Crippen molar-refractivity contribution in [2.75, 3.05) is 39.3 Å². The predicted octanol–water partition coefficient (Wildman–Crippen LogP) is 2.92. The molecule has 0 spiro atoms. The molecule has 1 N–H and O–H groups in total. The van der Waals surface area contributed by atoms with Gasteiger partial charge in [0.05, 0.1) is 6.61 Å². The van der Waals surface area contributed by atoms with Gasteiger partial charge in [-0.3, -0.25) is 9.69 Å². The van der Waals surface area contributed by atoms with Crippen LogP contribution in [0.3, 0.4) is 0 Å². The Morgan fingerprint density at radius 2 is 1.79 bits per heavy atom. The number of hydrogen-bond acceptors (Lipinski definition) is 4. The van der Waals surface area contributed by atoms with Gasteiger partial charge in [-0.05, 0) is 44.8 Å². The summed E-state index contributed by atoms with van der Waals surface area (Å²) in [5, 5.41) is 3.18. The molecule has 0 aliphatic carbocycles. The summed E-state index contributed by atoms with van der Waals surface area (Å²) in [6, 6.07) is 10.7. The summed E-state index contributed by atoms with van der Waals surface area (Å²) in [6.45, 7) is 10.2. The molecule has 2 rings (SSSR count). The number of benzene rings is 1. The van der Waals surface area contributed by atoms with Crippen LogP contribution in [0.4, 0.5) is 4.79 Å². The second kappa shape index (κ2) is 11.7. The van der Waals surface area contributed by atoms with E-state index in [9.17, 15) is 9.59 Å². The Kier molecular flexibility index (Phi) is 9.28. The van der Waals surface area contributed by atoms with Gasteiger partial charge in [-0.1, -0.05) is 44.2 Å². The molecule has 1 aromatic rings. The fourth-order valence-corrected chi connectivity index (χ4v) is 3.86. The molecule has 6 nitrogen and oxygen atoms in total. The molecule has 0 aromatic heterocycles. The van der Waals surface area contributed by atoms with Crippen LogP contribution < -0.4 is 5.32 Å². The molecule has 1 aliphatic rings. The van der Waals surface area contributed by atoms with Crippen molar-refractivity contribution < 1.29 is 14.3 Å². The lowest BCUT2D eigenvalue weighted by Gasteiger charge is -2.32. The molecule has 1 fully saturated rings. The molecular weight excluding hydrogens is 354 g/mol. The van der Waals surface area contributed by atoms with Gasteiger partial charge < -0.3 is 15.0 Å². The zero-order valence-corrected chi connectivity index (χ0v) is 17.5. The van der Waals surface area contributed by atoms with E-state index in [0.29, 0.717) is 39.1 Å². The number of likely N-dealkylation sites (N-methyl/N-ethyl adjacent to an activating group) is 1. The molecule has 2 amide bonds. The van der Waals surface area contributed by atoms with Gasteiger partial charge in [0.1, 0.15) is 0 Å². The molecule has 0 radical (unpaired) electrons. The van der Waals surface area contributed by atoms with Crippen LogP contribution in [0.2, 0.25) is 0 Å². The molecule has 1 saturated heterocycles.